The van der Waals surface area contributed by atoms with Gasteiger partial charge in [0, 0.05) is 19.6 Å². The number of aryl methyl sites for hydroxylation is 2. The quantitative estimate of drug-likeness (QED) is 0.630. The zero-order chi connectivity index (χ0) is 20.9. The second kappa shape index (κ2) is 9.00. The molecule has 0 aliphatic carbocycles. The number of benzene rings is 2. The second-order valence-corrected chi connectivity index (χ2v) is 10.5. The van der Waals surface area contributed by atoms with Crippen LogP contribution in [0.5, 0.6) is 0 Å². The smallest absolute Gasteiger partial charge is 0.210 e. The third kappa shape index (κ3) is 5.75. The summed E-state index contributed by atoms with van der Waals surface area (Å²) in [4.78, 5) is 0.312. The van der Waals surface area contributed by atoms with E-state index < -0.39 is 20.0 Å². The summed E-state index contributed by atoms with van der Waals surface area (Å²) in [6.45, 7) is 9.32. The summed E-state index contributed by atoms with van der Waals surface area (Å²) < 4.78 is 54.4. The minimum absolute atomic E-state index is 0.00579. The molecule has 0 spiro atoms. The van der Waals surface area contributed by atoms with Gasteiger partial charge in [-0.25, -0.2) is 21.6 Å². The Bertz CT molecular complexity index is 1030. The lowest BCUT2D eigenvalue weighted by Gasteiger charge is -2.22. The third-order valence-electron chi connectivity index (χ3n) is 4.09. The molecule has 0 saturated carbocycles. The van der Waals surface area contributed by atoms with E-state index in [4.69, 9.17) is 0 Å². The Kier molecular flexibility index (Phi) is 7.16. The molecule has 0 radical (unpaired) electrons. The summed E-state index contributed by atoms with van der Waals surface area (Å²) in [5, 5.41) is 0. The van der Waals surface area contributed by atoms with Crippen LogP contribution in [0.3, 0.4) is 0 Å². The first-order valence-corrected chi connectivity index (χ1v) is 11.7. The molecule has 8 heteroatoms. The SMILES string of the molecule is C=C(C)CN(CCNS(=O)(=O)c1ccc(C)cc1)S(=O)(=O)c1ccc(C)cc1. The van der Waals surface area contributed by atoms with Gasteiger partial charge in [0.15, 0.2) is 0 Å². The van der Waals surface area contributed by atoms with Crippen LogP contribution in [0.2, 0.25) is 0 Å². The number of hydrogen-bond donors (Lipinski definition) is 1. The van der Waals surface area contributed by atoms with E-state index in [-0.39, 0.29) is 29.4 Å². The average Bonchev–Trinajstić information content (AvgIpc) is 2.61. The van der Waals surface area contributed by atoms with Gasteiger partial charge in [-0.2, -0.15) is 4.31 Å². The first-order valence-electron chi connectivity index (χ1n) is 8.80. The van der Waals surface area contributed by atoms with Gasteiger partial charge >= 0.3 is 0 Å². The molecule has 0 aliphatic rings. The number of nitrogens with one attached hydrogen (secondary N) is 1. The zero-order valence-electron chi connectivity index (χ0n) is 16.3. The molecule has 0 heterocycles. The molecular weight excluding hydrogens is 396 g/mol. The molecule has 6 nitrogen and oxygen atoms in total. The summed E-state index contributed by atoms with van der Waals surface area (Å²) in [5.41, 5.74) is 2.57. The van der Waals surface area contributed by atoms with Gasteiger partial charge in [0.1, 0.15) is 0 Å². The Morgan fingerprint density at radius 3 is 1.82 bits per heavy atom. The topological polar surface area (TPSA) is 83.6 Å². The molecule has 0 fully saturated rings. The van der Waals surface area contributed by atoms with Crippen LogP contribution >= 0.6 is 0 Å². The summed E-state index contributed by atoms with van der Waals surface area (Å²) in [6, 6.07) is 13.0. The van der Waals surface area contributed by atoms with Crippen LogP contribution < -0.4 is 4.72 Å². The van der Waals surface area contributed by atoms with Crippen molar-refractivity contribution in [2.75, 3.05) is 19.6 Å². The van der Waals surface area contributed by atoms with Crippen molar-refractivity contribution in [3.63, 3.8) is 0 Å². The summed E-state index contributed by atoms with van der Waals surface area (Å²) >= 11 is 0. The van der Waals surface area contributed by atoms with Crippen molar-refractivity contribution < 1.29 is 16.8 Å². The third-order valence-corrected chi connectivity index (χ3v) is 7.43. The highest BCUT2D eigenvalue weighted by atomic mass is 32.2. The standard InChI is InChI=1S/C20H26N2O4S2/c1-16(2)15-22(28(25,26)20-11-7-18(4)8-12-20)14-13-21-27(23,24)19-9-5-17(3)6-10-19/h5-12,21H,1,13-15H2,2-4H3. The van der Waals surface area contributed by atoms with Crippen LogP contribution in [0.4, 0.5) is 0 Å². The Labute approximate surface area is 168 Å². The van der Waals surface area contributed by atoms with Crippen molar-refractivity contribution in [2.24, 2.45) is 0 Å². The molecule has 0 amide bonds. The number of nitrogens with zero attached hydrogens (tertiary/aromatic N) is 1. The average molecular weight is 423 g/mol. The van der Waals surface area contributed by atoms with E-state index in [1.807, 2.05) is 13.8 Å². The molecule has 0 aliphatic heterocycles. The molecule has 0 saturated heterocycles. The molecule has 28 heavy (non-hydrogen) atoms. The van der Waals surface area contributed by atoms with Crippen molar-refractivity contribution in [1.29, 1.82) is 0 Å². The maximum atomic E-state index is 12.9. The predicted molar refractivity (Wildman–Crippen MR) is 111 cm³/mol. The number of rotatable bonds is 9. The molecule has 2 aromatic rings. The van der Waals surface area contributed by atoms with Gasteiger partial charge in [0.25, 0.3) is 0 Å². The van der Waals surface area contributed by atoms with E-state index >= 15 is 0 Å². The zero-order valence-corrected chi connectivity index (χ0v) is 18.0. The van der Waals surface area contributed by atoms with Crippen LogP contribution in [0, 0.1) is 13.8 Å². The van der Waals surface area contributed by atoms with Crippen molar-refractivity contribution in [2.45, 2.75) is 30.6 Å². The monoisotopic (exact) mass is 422 g/mol. The fraction of sp³-hybridized carbons (Fsp3) is 0.300. The molecule has 0 atom stereocenters. The van der Waals surface area contributed by atoms with Gasteiger partial charge in [-0.05, 0) is 45.0 Å². The van der Waals surface area contributed by atoms with Gasteiger partial charge in [-0.3, -0.25) is 0 Å². The Balaban J connectivity index is 2.15. The Morgan fingerprint density at radius 1 is 0.893 bits per heavy atom. The molecule has 2 aromatic carbocycles. The van der Waals surface area contributed by atoms with Gasteiger partial charge in [0.05, 0.1) is 9.79 Å². The highest BCUT2D eigenvalue weighted by Gasteiger charge is 2.25. The molecule has 0 bridgehead atoms. The first-order chi connectivity index (χ1) is 13.0. The molecule has 152 valence electrons. The Hall–Kier alpha value is -2.00. The first kappa shape index (κ1) is 22.3. The maximum Gasteiger partial charge on any atom is 0.243 e. The lowest BCUT2D eigenvalue weighted by atomic mass is 10.2. The minimum Gasteiger partial charge on any atom is -0.210 e. The molecule has 0 unspecified atom stereocenters. The van der Waals surface area contributed by atoms with Crippen LogP contribution in [-0.2, 0) is 20.0 Å². The largest absolute Gasteiger partial charge is 0.243 e. The van der Waals surface area contributed by atoms with E-state index in [0.717, 1.165) is 11.1 Å². The van der Waals surface area contributed by atoms with Crippen molar-refractivity contribution >= 4 is 20.0 Å². The molecule has 0 aromatic heterocycles. The number of sulfonamides is 2. The van der Waals surface area contributed by atoms with E-state index in [2.05, 4.69) is 11.3 Å². The molecular formula is C20H26N2O4S2. The van der Waals surface area contributed by atoms with E-state index in [1.165, 1.54) is 16.4 Å². The van der Waals surface area contributed by atoms with Crippen LogP contribution in [0.25, 0.3) is 0 Å². The van der Waals surface area contributed by atoms with Crippen LogP contribution in [0.1, 0.15) is 18.1 Å². The molecule has 1 N–H and O–H groups in total. The van der Waals surface area contributed by atoms with Crippen molar-refractivity contribution in [3.8, 4) is 0 Å². The lowest BCUT2D eigenvalue weighted by Crippen LogP contribution is -2.39. The van der Waals surface area contributed by atoms with Crippen molar-refractivity contribution in [3.05, 3.63) is 71.8 Å². The summed E-state index contributed by atoms with van der Waals surface area (Å²) in [6.07, 6.45) is 0. The van der Waals surface area contributed by atoms with Crippen LogP contribution in [0.15, 0.2) is 70.5 Å². The minimum atomic E-state index is -3.76. The lowest BCUT2D eigenvalue weighted by molar-refractivity contribution is 0.436. The van der Waals surface area contributed by atoms with Gasteiger partial charge in [-0.1, -0.05) is 47.5 Å². The Morgan fingerprint density at radius 2 is 1.36 bits per heavy atom. The van der Waals surface area contributed by atoms with E-state index in [0.29, 0.717) is 5.57 Å². The second-order valence-electron chi connectivity index (χ2n) is 6.82. The predicted octanol–water partition coefficient (Wildman–Crippen LogP) is 2.85. The highest BCUT2D eigenvalue weighted by molar-refractivity contribution is 7.89. The fourth-order valence-electron chi connectivity index (χ4n) is 2.55. The van der Waals surface area contributed by atoms with Gasteiger partial charge in [0.2, 0.25) is 20.0 Å². The summed E-state index contributed by atoms with van der Waals surface area (Å²) in [7, 11) is -7.47. The maximum absolute atomic E-state index is 12.9. The number of hydrogen-bond acceptors (Lipinski definition) is 4. The van der Waals surface area contributed by atoms with Crippen LogP contribution in [-0.4, -0.2) is 40.8 Å². The van der Waals surface area contributed by atoms with Gasteiger partial charge < -0.3 is 0 Å². The van der Waals surface area contributed by atoms with E-state index in [9.17, 15) is 16.8 Å². The van der Waals surface area contributed by atoms with Crippen molar-refractivity contribution in [1.82, 2.24) is 9.03 Å². The normalized spacial score (nSPS) is 12.3. The molecule has 2 rings (SSSR count). The van der Waals surface area contributed by atoms with Gasteiger partial charge in [-0.15, -0.1) is 0 Å². The highest BCUT2D eigenvalue weighted by Crippen LogP contribution is 2.17. The van der Waals surface area contributed by atoms with E-state index in [1.54, 1.807) is 43.3 Å². The fourth-order valence-corrected chi connectivity index (χ4v) is 5.07. The summed E-state index contributed by atoms with van der Waals surface area (Å²) in [5.74, 6) is 0.